The first-order chi connectivity index (χ1) is 16.0. The number of nitrogens with zero attached hydrogens (tertiary/aromatic N) is 1. The maximum Gasteiger partial charge on any atom is 0.452 e. The highest BCUT2D eigenvalue weighted by Gasteiger charge is 2.40. The molecule has 0 fully saturated rings. The van der Waals surface area contributed by atoms with E-state index in [1.807, 2.05) is 60.7 Å². The maximum absolute atomic E-state index is 13.2. The van der Waals surface area contributed by atoms with Crippen LogP contribution in [0.15, 0.2) is 60.7 Å². The van der Waals surface area contributed by atoms with Crippen molar-refractivity contribution in [2.24, 2.45) is 11.6 Å². The molecular weight excluding hydrogens is 454 g/mol. The minimum atomic E-state index is -1.78. The van der Waals surface area contributed by atoms with Crippen LogP contribution in [-0.4, -0.2) is 49.7 Å². The van der Waals surface area contributed by atoms with Gasteiger partial charge >= 0.3 is 6.09 Å². The molecule has 0 saturated carbocycles. The molecule has 5 atom stereocenters. The third-order valence-corrected chi connectivity index (χ3v) is 7.07. The Kier molecular flexibility index (Phi) is 10.8. The number of amides is 1. The summed E-state index contributed by atoms with van der Waals surface area (Å²) in [6, 6.07) is 18.4. The zero-order chi connectivity index (χ0) is 25.3. The Morgan fingerprint density at radius 3 is 2.21 bits per heavy atom. The molecule has 0 aliphatic rings. The van der Waals surface area contributed by atoms with Crippen molar-refractivity contribution in [3.63, 3.8) is 0 Å². The van der Waals surface area contributed by atoms with E-state index in [-0.39, 0.29) is 13.0 Å². The van der Waals surface area contributed by atoms with Crippen LogP contribution >= 0.6 is 0 Å². The zero-order valence-electron chi connectivity index (χ0n) is 20.3. The third kappa shape index (κ3) is 8.57. The van der Waals surface area contributed by atoms with Crippen molar-refractivity contribution in [1.29, 1.82) is 0 Å². The topological polar surface area (TPSA) is 134 Å². The molecule has 0 radical (unpaired) electrons. The summed E-state index contributed by atoms with van der Waals surface area (Å²) in [5, 5.41) is 10.7. The Hall–Kier alpha value is -2.14. The monoisotopic (exact) mass is 491 g/mol. The lowest BCUT2D eigenvalue weighted by Crippen LogP contribution is -2.51. The van der Waals surface area contributed by atoms with Crippen molar-refractivity contribution in [1.82, 2.24) is 4.31 Å². The summed E-state index contributed by atoms with van der Waals surface area (Å²) in [6.07, 6.45) is -2.60. The lowest BCUT2D eigenvalue weighted by molar-refractivity contribution is -0.0411. The molecule has 34 heavy (non-hydrogen) atoms. The van der Waals surface area contributed by atoms with Crippen LogP contribution in [0, 0.1) is 0 Å². The summed E-state index contributed by atoms with van der Waals surface area (Å²) >= 11 is -1.78. The SMILES string of the molecule is CC(ON)C(Cc1ccccc1)OC(=O)N(CC(O)CC(N)c1ccccc1)[S+]([O-])C(C)(C)C. The number of aliphatic hydroxyl groups is 1. The van der Waals surface area contributed by atoms with Gasteiger partial charge in [-0.3, -0.25) is 4.84 Å². The van der Waals surface area contributed by atoms with Crippen molar-refractivity contribution in [3.05, 3.63) is 71.8 Å². The van der Waals surface area contributed by atoms with E-state index in [9.17, 15) is 14.5 Å². The Morgan fingerprint density at radius 1 is 1.12 bits per heavy atom. The molecule has 5 N–H and O–H groups in total. The van der Waals surface area contributed by atoms with E-state index < -0.39 is 46.6 Å². The average molecular weight is 492 g/mol. The Labute approximate surface area is 205 Å². The molecule has 9 heteroatoms. The second kappa shape index (κ2) is 13.1. The van der Waals surface area contributed by atoms with E-state index in [1.54, 1.807) is 27.7 Å². The third-order valence-electron chi connectivity index (χ3n) is 5.33. The molecule has 0 spiro atoms. The van der Waals surface area contributed by atoms with Gasteiger partial charge in [0.1, 0.15) is 17.0 Å². The molecule has 8 nitrogen and oxygen atoms in total. The van der Waals surface area contributed by atoms with Gasteiger partial charge in [0.2, 0.25) is 0 Å². The summed E-state index contributed by atoms with van der Waals surface area (Å²) in [5.74, 6) is 5.38. The molecule has 188 valence electrons. The minimum absolute atomic E-state index is 0.185. The van der Waals surface area contributed by atoms with Gasteiger partial charge in [-0.1, -0.05) is 60.7 Å². The van der Waals surface area contributed by atoms with Gasteiger partial charge < -0.3 is 20.1 Å². The number of ether oxygens (including phenoxy) is 1. The fourth-order valence-corrected chi connectivity index (χ4v) is 4.51. The van der Waals surface area contributed by atoms with Crippen molar-refractivity contribution >= 4 is 17.5 Å². The van der Waals surface area contributed by atoms with Crippen LogP contribution in [0.25, 0.3) is 0 Å². The molecule has 0 aliphatic carbocycles. The predicted molar refractivity (Wildman–Crippen MR) is 134 cm³/mol. The van der Waals surface area contributed by atoms with E-state index >= 15 is 0 Å². The smallest absolute Gasteiger partial charge is 0.452 e. The molecule has 2 aromatic carbocycles. The Balaban J connectivity index is 2.16. The zero-order valence-corrected chi connectivity index (χ0v) is 21.1. The van der Waals surface area contributed by atoms with Gasteiger partial charge in [-0.15, -0.1) is 4.31 Å². The molecule has 0 aliphatic heterocycles. The minimum Gasteiger partial charge on any atom is -0.592 e. The number of rotatable bonds is 11. The van der Waals surface area contributed by atoms with Gasteiger partial charge in [0.25, 0.3) is 0 Å². The fourth-order valence-electron chi connectivity index (χ4n) is 3.36. The standard InChI is InChI=1S/C25H37N3O5S/c1-18(33-27)23(15-19-11-7-5-8-12-19)32-24(30)28(34(31)25(2,3)4)17-21(29)16-22(26)20-13-9-6-10-14-20/h5-14,18,21-23,29H,15-17,26-27H2,1-4H3. The largest absolute Gasteiger partial charge is 0.592 e. The number of nitrogens with two attached hydrogens (primary N) is 2. The van der Waals surface area contributed by atoms with Crippen molar-refractivity contribution < 1.29 is 24.0 Å². The summed E-state index contributed by atoms with van der Waals surface area (Å²) in [7, 11) is 0. The van der Waals surface area contributed by atoms with Crippen LogP contribution in [-0.2, 0) is 27.4 Å². The molecule has 1 amide bonds. The molecule has 0 bridgehead atoms. The highest BCUT2D eigenvalue weighted by molar-refractivity contribution is 7.90. The maximum atomic E-state index is 13.2. The van der Waals surface area contributed by atoms with Gasteiger partial charge in [0, 0.05) is 12.5 Å². The van der Waals surface area contributed by atoms with Gasteiger partial charge in [-0.2, -0.15) is 0 Å². The highest BCUT2D eigenvalue weighted by atomic mass is 32.2. The number of hydrogen-bond acceptors (Lipinski definition) is 7. The molecule has 0 aromatic heterocycles. The molecule has 0 saturated heterocycles. The summed E-state index contributed by atoms with van der Waals surface area (Å²) in [4.78, 5) is 18.2. The lowest BCUT2D eigenvalue weighted by atomic mass is 10.0. The summed E-state index contributed by atoms with van der Waals surface area (Å²) < 4.78 is 19.2. The number of hydrogen-bond donors (Lipinski definition) is 3. The van der Waals surface area contributed by atoms with Gasteiger partial charge in [-0.25, -0.2) is 10.7 Å². The first-order valence-corrected chi connectivity index (χ1v) is 12.4. The summed E-state index contributed by atoms with van der Waals surface area (Å²) in [5.41, 5.74) is 8.03. The highest BCUT2D eigenvalue weighted by Crippen LogP contribution is 2.24. The average Bonchev–Trinajstić information content (AvgIpc) is 2.81. The predicted octanol–water partition coefficient (Wildman–Crippen LogP) is 3.23. The number of benzene rings is 2. The lowest BCUT2D eigenvalue weighted by Gasteiger charge is -2.34. The summed E-state index contributed by atoms with van der Waals surface area (Å²) in [6.45, 7) is 6.74. The van der Waals surface area contributed by atoms with Gasteiger partial charge in [0.15, 0.2) is 0 Å². The van der Waals surface area contributed by atoms with Crippen LogP contribution in [0.5, 0.6) is 0 Å². The first kappa shape index (κ1) is 28.1. The van der Waals surface area contributed by atoms with Crippen molar-refractivity contribution in [3.8, 4) is 0 Å². The van der Waals surface area contributed by atoms with E-state index in [2.05, 4.69) is 0 Å². The molecular formula is C25H37N3O5S. The van der Waals surface area contributed by atoms with E-state index in [4.69, 9.17) is 21.2 Å². The van der Waals surface area contributed by atoms with Crippen LogP contribution in [0.4, 0.5) is 4.79 Å². The van der Waals surface area contributed by atoms with Crippen LogP contribution < -0.4 is 11.6 Å². The van der Waals surface area contributed by atoms with Crippen LogP contribution in [0.3, 0.4) is 0 Å². The number of aliphatic hydroxyl groups excluding tert-OH is 1. The van der Waals surface area contributed by atoms with E-state index in [0.717, 1.165) is 15.4 Å². The Morgan fingerprint density at radius 2 is 1.68 bits per heavy atom. The first-order valence-electron chi connectivity index (χ1n) is 11.3. The van der Waals surface area contributed by atoms with Crippen LogP contribution in [0.2, 0.25) is 0 Å². The van der Waals surface area contributed by atoms with Crippen LogP contribution in [0.1, 0.15) is 51.3 Å². The van der Waals surface area contributed by atoms with Crippen molar-refractivity contribution in [2.75, 3.05) is 6.54 Å². The molecule has 0 heterocycles. The second-order valence-corrected chi connectivity index (χ2v) is 11.4. The van der Waals surface area contributed by atoms with Gasteiger partial charge in [-0.05, 0) is 45.2 Å². The molecule has 5 unspecified atom stereocenters. The normalized spacial score (nSPS) is 16.2. The molecule has 2 rings (SSSR count). The fraction of sp³-hybridized carbons (Fsp3) is 0.480. The van der Waals surface area contributed by atoms with Gasteiger partial charge in [0.05, 0.1) is 24.0 Å². The quantitative estimate of drug-likeness (QED) is 0.324. The van der Waals surface area contributed by atoms with E-state index in [1.165, 1.54) is 0 Å². The van der Waals surface area contributed by atoms with Crippen molar-refractivity contribution in [2.45, 2.75) is 69.6 Å². The van der Waals surface area contributed by atoms with E-state index in [0.29, 0.717) is 6.42 Å². The number of carbonyl (C=O) groups excluding carboxylic acids is 1. The Bertz CT molecular complexity index is 866. The number of carbonyl (C=O) groups is 1. The second-order valence-electron chi connectivity index (χ2n) is 9.28. The molecule has 2 aromatic rings.